The number of aromatic carboxylic acids is 1. The van der Waals surface area contributed by atoms with Crippen LogP contribution in [0.2, 0.25) is 0 Å². The van der Waals surface area contributed by atoms with Gasteiger partial charge in [0, 0.05) is 6.54 Å². The molecule has 0 aliphatic heterocycles. The van der Waals surface area contributed by atoms with Crippen molar-refractivity contribution in [1.82, 2.24) is 10.3 Å². The topological polar surface area (TPSA) is 79.3 Å². The summed E-state index contributed by atoms with van der Waals surface area (Å²) in [6.07, 6.45) is 1.37. The molecule has 5 nitrogen and oxygen atoms in total. The van der Waals surface area contributed by atoms with Crippen molar-refractivity contribution in [3.63, 3.8) is 0 Å². The van der Waals surface area contributed by atoms with Crippen LogP contribution in [0.1, 0.15) is 50.1 Å². The van der Waals surface area contributed by atoms with Gasteiger partial charge >= 0.3 is 5.97 Å². The number of amides is 1. The van der Waals surface area contributed by atoms with Crippen LogP contribution in [-0.2, 0) is 12.8 Å². The number of aryl methyl sites for hydroxylation is 1. The van der Waals surface area contributed by atoms with Crippen molar-refractivity contribution in [2.24, 2.45) is 5.92 Å². The summed E-state index contributed by atoms with van der Waals surface area (Å²) in [7, 11) is 0. The third kappa shape index (κ3) is 4.89. The quantitative estimate of drug-likeness (QED) is 0.806. The Morgan fingerprint density at radius 1 is 1.33 bits per heavy atom. The van der Waals surface area contributed by atoms with Crippen LogP contribution in [0, 0.1) is 12.8 Å². The van der Waals surface area contributed by atoms with E-state index in [4.69, 9.17) is 5.11 Å². The highest BCUT2D eigenvalue weighted by Gasteiger charge is 2.17. The Bertz CT molecular complexity index is 738. The summed E-state index contributed by atoms with van der Waals surface area (Å²) in [5, 5.41) is 12.8. The van der Waals surface area contributed by atoms with E-state index in [-0.39, 0.29) is 11.5 Å². The normalized spacial score (nSPS) is 10.8. The van der Waals surface area contributed by atoms with Crippen molar-refractivity contribution >= 4 is 23.2 Å². The maximum atomic E-state index is 12.4. The number of thiazole rings is 1. The molecule has 0 aliphatic carbocycles. The Balaban J connectivity index is 1.96. The molecule has 0 unspecified atom stereocenters. The predicted molar refractivity (Wildman–Crippen MR) is 94.8 cm³/mol. The molecule has 128 valence electrons. The fourth-order valence-corrected chi connectivity index (χ4v) is 3.30. The second-order valence-corrected chi connectivity index (χ2v) is 7.32. The zero-order valence-corrected chi connectivity index (χ0v) is 14.9. The third-order valence-corrected chi connectivity index (χ3v) is 4.50. The zero-order chi connectivity index (χ0) is 17.7. The molecule has 0 fully saturated rings. The van der Waals surface area contributed by atoms with Gasteiger partial charge in [-0.2, -0.15) is 0 Å². The fraction of sp³-hybridized carbons (Fsp3) is 0.389. The molecular weight excluding hydrogens is 324 g/mol. The van der Waals surface area contributed by atoms with Crippen molar-refractivity contribution in [3.8, 4) is 0 Å². The molecule has 1 heterocycles. The van der Waals surface area contributed by atoms with Gasteiger partial charge in [-0.25, -0.2) is 9.78 Å². The molecule has 1 aromatic carbocycles. The first-order valence-electron chi connectivity index (χ1n) is 7.93. The monoisotopic (exact) mass is 346 g/mol. The third-order valence-electron chi connectivity index (χ3n) is 3.49. The minimum atomic E-state index is -0.945. The smallest absolute Gasteiger partial charge is 0.335 e. The summed E-state index contributed by atoms with van der Waals surface area (Å²) in [4.78, 5) is 28.5. The number of carbonyl (C=O) groups excluding carboxylic acids is 1. The van der Waals surface area contributed by atoms with Gasteiger partial charge in [-0.05, 0) is 43.4 Å². The number of nitrogens with one attached hydrogen (secondary N) is 1. The van der Waals surface area contributed by atoms with Crippen LogP contribution < -0.4 is 5.32 Å². The van der Waals surface area contributed by atoms with E-state index in [0.29, 0.717) is 23.8 Å². The zero-order valence-electron chi connectivity index (χ0n) is 14.1. The number of benzene rings is 1. The maximum Gasteiger partial charge on any atom is 0.335 e. The molecule has 2 rings (SSSR count). The SMILES string of the molecule is Cc1nc(CC(C)C)c(C(=O)NCCc2cccc(C(=O)O)c2)s1. The second-order valence-electron chi connectivity index (χ2n) is 6.12. The Labute approximate surface area is 145 Å². The van der Waals surface area contributed by atoms with E-state index in [9.17, 15) is 9.59 Å². The van der Waals surface area contributed by atoms with Crippen LogP contribution in [0.3, 0.4) is 0 Å². The number of nitrogens with zero attached hydrogens (tertiary/aromatic N) is 1. The van der Waals surface area contributed by atoms with E-state index in [1.165, 1.54) is 11.3 Å². The standard InChI is InChI=1S/C18H22N2O3S/c1-11(2)9-15-16(24-12(3)20-15)17(21)19-8-7-13-5-4-6-14(10-13)18(22)23/h4-6,10-11H,7-9H2,1-3H3,(H,19,21)(H,22,23). The first-order valence-corrected chi connectivity index (χ1v) is 8.75. The molecule has 0 saturated carbocycles. The van der Waals surface area contributed by atoms with Gasteiger partial charge in [0.25, 0.3) is 5.91 Å². The van der Waals surface area contributed by atoms with Gasteiger partial charge in [0.15, 0.2) is 0 Å². The Hall–Kier alpha value is -2.21. The van der Waals surface area contributed by atoms with Crippen molar-refractivity contribution < 1.29 is 14.7 Å². The summed E-state index contributed by atoms with van der Waals surface area (Å²) in [5.41, 5.74) is 2.01. The Morgan fingerprint density at radius 2 is 2.08 bits per heavy atom. The summed E-state index contributed by atoms with van der Waals surface area (Å²) in [6, 6.07) is 6.77. The van der Waals surface area contributed by atoms with Crippen LogP contribution in [0.25, 0.3) is 0 Å². The number of aromatic nitrogens is 1. The van der Waals surface area contributed by atoms with Gasteiger partial charge < -0.3 is 10.4 Å². The molecule has 1 amide bonds. The molecular formula is C18H22N2O3S. The van der Waals surface area contributed by atoms with E-state index >= 15 is 0 Å². The van der Waals surface area contributed by atoms with Gasteiger partial charge in [-0.1, -0.05) is 26.0 Å². The van der Waals surface area contributed by atoms with Crippen LogP contribution in [0.5, 0.6) is 0 Å². The maximum absolute atomic E-state index is 12.4. The number of hydrogen-bond acceptors (Lipinski definition) is 4. The van der Waals surface area contributed by atoms with Crippen molar-refractivity contribution in [2.45, 2.75) is 33.6 Å². The van der Waals surface area contributed by atoms with Gasteiger partial charge in [0.05, 0.1) is 16.3 Å². The minimum Gasteiger partial charge on any atom is -0.478 e. The Kier molecular flexibility index (Phi) is 6.09. The molecule has 24 heavy (non-hydrogen) atoms. The molecule has 0 bridgehead atoms. The summed E-state index contributed by atoms with van der Waals surface area (Å²) < 4.78 is 0. The first-order chi connectivity index (χ1) is 11.4. The average Bonchev–Trinajstić information content (AvgIpc) is 2.87. The number of rotatable bonds is 7. The molecule has 0 atom stereocenters. The molecule has 0 spiro atoms. The van der Waals surface area contributed by atoms with Crippen LogP contribution in [-0.4, -0.2) is 28.5 Å². The molecule has 2 N–H and O–H groups in total. The van der Waals surface area contributed by atoms with Crippen molar-refractivity contribution in [2.75, 3.05) is 6.54 Å². The largest absolute Gasteiger partial charge is 0.478 e. The highest BCUT2D eigenvalue weighted by molar-refractivity contribution is 7.13. The average molecular weight is 346 g/mol. The van der Waals surface area contributed by atoms with E-state index < -0.39 is 5.97 Å². The lowest BCUT2D eigenvalue weighted by atomic mass is 10.1. The molecule has 2 aromatic rings. The summed E-state index contributed by atoms with van der Waals surface area (Å²) >= 11 is 1.42. The summed E-state index contributed by atoms with van der Waals surface area (Å²) in [5.74, 6) is -0.609. The first kappa shape index (κ1) is 18.1. The van der Waals surface area contributed by atoms with Gasteiger partial charge in [-0.15, -0.1) is 11.3 Å². The van der Waals surface area contributed by atoms with Crippen LogP contribution in [0.4, 0.5) is 0 Å². The van der Waals surface area contributed by atoms with Gasteiger partial charge in [0.1, 0.15) is 4.88 Å². The number of carboxylic acid groups (broad SMARTS) is 1. The van der Waals surface area contributed by atoms with E-state index in [1.54, 1.807) is 18.2 Å². The van der Waals surface area contributed by atoms with E-state index in [2.05, 4.69) is 24.1 Å². The molecule has 0 radical (unpaired) electrons. The number of carboxylic acids is 1. The van der Waals surface area contributed by atoms with Crippen LogP contribution >= 0.6 is 11.3 Å². The summed E-state index contributed by atoms with van der Waals surface area (Å²) in [6.45, 7) is 6.57. The second kappa shape index (κ2) is 8.06. The highest BCUT2D eigenvalue weighted by Crippen LogP contribution is 2.20. The Morgan fingerprint density at radius 3 is 2.75 bits per heavy atom. The van der Waals surface area contributed by atoms with Gasteiger partial charge in [0.2, 0.25) is 0 Å². The lowest BCUT2D eigenvalue weighted by Crippen LogP contribution is -2.26. The van der Waals surface area contributed by atoms with Crippen molar-refractivity contribution in [1.29, 1.82) is 0 Å². The molecule has 0 saturated heterocycles. The van der Waals surface area contributed by atoms with Crippen molar-refractivity contribution in [3.05, 3.63) is 51.0 Å². The lowest BCUT2D eigenvalue weighted by molar-refractivity contribution is 0.0696. The molecule has 0 aliphatic rings. The van der Waals surface area contributed by atoms with E-state index in [1.807, 2.05) is 13.0 Å². The predicted octanol–water partition coefficient (Wildman–Crippen LogP) is 3.32. The van der Waals surface area contributed by atoms with E-state index in [0.717, 1.165) is 22.7 Å². The minimum absolute atomic E-state index is 0.106. The highest BCUT2D eigenvalue weighted by atomic mass is 32.1. The molecule has 6 heteroatoms. The number of hydrogen-bond donors (Lipinski definition) is 2. The van der Waals surface area contributed by atoms with Crippen LogP contribution in [0.15, 0.2) is 24.3 Å². The number of carbonyl (C=O) groups is 2. The fourth-order valence-electron chi connectivity index (χ4n) is 2.43. The molecule has 1 aromatic heterocycles. The lowest BCUT2D eigenvalue weighted by Gasteiger charge is -2.07. The van der Waals surface area contributed by atoms with Gasteiger partial charge in [-0.3, -0.25) is 4.79 Å².